The normalized spacial score (nSPS) is 10.7. The molecule has 0 fully saturated rings. The SMILES string of the molecule is COc1cc(C=NNC(=O)c2cc(O)c(O)c(O)c2)ccc1OCc1ccccc1. The number of methoxy groups -OCH3 is 1. The minimum absolute atomic E-state index is 0.0674. The third kappa shape index (κ3) is 4.99. The summed E-state index contributed by atoms with van der Waals surface area (Å²) in [6.07, 6.45) is 1.40. The number of amides is 1. The molecule has 0 aliphatic rings. The van der Waals surface area contributed by atoms with E-state index in [2.05, 4.69) is 10.5 Å². The third-order valence-electron chi connectivity index (χ3n) is 4.14. The van der Waals surface area contributed by atoms with Crippen LogP contribution < -0.4 is 14.9 Å². The van der Waals surface area contributed by atoms with Gasteiger partial charge in [0.1, 0.15) is 6.61 Å². The number of carbonyl (C=O) groups excluding carboxylic acids is 1. The van der Waals surface area contributed by atoms with Crippen LogP contribution in [0.1, 0.15) is 21.5 Å². The Hall–Kier alpha value is -4.20. The molecule has 8 heteroatoms. The van der Waals surface area contributed by atoms with Crippen molar-refractivity contribution in [1.29, 1.82) is 0 Å². The van der Waals surface area contributed by atoms with Crippen LogP contribution in [0.2, 0.25) is 0 Å². The van der Waals surface area contributed by atoms with Gasteiger partial charge in [-0.1, -0.05) is 30.3 Å². The number of nitrogens with zero attached hydrogens (tertiary/aromatic N) is 1. The van der Waals surface area contributed by atoms with E-state index < -0.39 is 23.2 Å². The van der Waals surface area contributed by atoms with E-state index in [9.17, 15) is 20.1 Å². The van der Waals surface area contributed by atoms with Crippen LogP contribution in [-0.4, -0.2) is 34.6 Å². The molecule has 0 aromatic heterocycles. The molecule has 8 nitrogen and oxygen atoms in total. The van der Waals surface area contributed by atoms with Crippen molar-refractivity contribution in [2.24, 2.45) is 5.10 Å². The predicted octanol–water partition coefficient (Wildman–Crippen LogP) is 3.15. The Morgan fingerprint density at radius 3 is 2.37 bits per heavy atom. The molecule has 3 aromatic rings. The van der Waals surface area contributed by atoms with E-state index in [-0.39, 0.29) is 5.56 Å². The second kappa shape index (κ2) is 9.33. The second-order valence-corrected chi connectivity index (χ2v) is 6.25. The zero-order chi connectivity index (χ0) is 21.5. The highest BCUT2D eigenvalue weighted by molar-refractivity contribution is 5.96. The van der Waals surface area contributed by atoms with E-state index in [1.165, 1.54) is 13.3 Å². The van der Waals surface area contributed by atoms with Gasteiger partial charge in [-0.3, -0.25) is 4.79 Å². The fourth-order valence-electron chi connectivity index (χ4n) is 2.58. The average Bonchev–Trinajstić information content (AvgIpc) is 2.76. The summed E-state index contributed by atoms with van der Waals surface area (Å²) in [7, 11) is 1.52. The van der Waals surface area contributed by atoms with Crippen molar-refractivity contribution < 1.29 is 29.6 Å². The highest BCUT2D eigenvalue weighted by Gasteiger charge is 2.13. The fourth-order valence-corrected chi connectivity index (χ4v) is 2.58. The number of aromatic hydroxyl groups is 3. The Morgan fingerprint density at radius 2 is 1.70 bits per heavy atom. The monoisotopic (exact) mass is 408 g/mol. The van der Waals surface area contributed by atoms with E-state index in [0.717, 1.165) is 17.7 Å². The third-order valence-corrected chi connectivity index (χ3v) is 4.14. The van der Waals surface area contributed by atoms with Crippen molar-refractivity contribution in [2.45, 2.75) is 6.61 Å². The lowest BCUT2D eigenvalue weighted by molar-refractivity contribution is 0.0954. The quantitative estimate of drug-likeness (QED) is 0.271. The smallest absolute Gasteiger partial charge is 0.271 e. The van der Waals surface area contributed by atoms with Crippen LogP contribution in [0.15, 0.2) is 65.8 Å². The maximum Gasteiger partial charge on any atom is 0.271 e. The first-order valence-electron chi connectivity index (χ1n) is 8.91. The van der Waals surface area contributed by atoms with Crippen LogP contribution in [0.25, 0.3) is 0 Å². The topological polar surface area (TPSA) is 121 Å². The lowest BCUT2D eigenvalue weighted by Gasteiger charge is -2.11. The number of phenolic OH excluding ortho intramolecular Hbond substituents is 3. The minimum atomic E-state index is -0.697. The largest absolute Gasteiger partial charge is 0.504 e. The van der Waals surface area contributed by atoms with E-state index in [1.807, 2.05) is 30.3 Å². The minimum Gasteiger partial charge on any atom is -0.504 e. The first-order chi connectivity index (χ1) is 14.5. The molecule has 0 saturated heterocycles. The van der Waals surface area contributed by atoms with Gasteiger partial charge in [0.25, 0.3) is 5.91 Å². The Labute approximate surface area is 172 Å². The van der Waals surface area contributed by atoms with E-state index in [4.69, 9.17) is 9.47 Å². The van der Waals surface area contributed by atoms with E-state index in [1.54, 1.807) is 18.2 Å². The van der Waals surface area contributed by atoms with Crippen molar-refractivity contribution >= 4 is 12.1 Å². The van der Waals surface area contributed by atoms with Gasteiger partial charge in [0.15, 0.2) is 28.7 Å². The number of nitrogens with one attached hydrogen (secondary N) is 1. The Balaban J connectivity index is 1.64. The second-order valence-electron chi connectivity index (χ2n) is 6.25. The molecule has 0 aliphatic carbocycles. The number of hydrazone groups is 1. The Kier molecular flexibility index (Phi) is 6.39. The zero-order valence-corrected chi connectivity index (χ0v) is 16.1. The van der Waals surface area contributed by atoms with Gasteiger partial charge in [-0.25, -0.2) is 5.43 Å². The standard InChI is InChI=1S/C22H20N2O6/c1-29-20-9-15(7-8-19(20)30-13-14-5-3-2-4-6-14)12-23-24-22(28)16-10-17(25)21(27)18(26)11-16/h2-12,25-27H,13H2,1H3,(H,24,28). The summed E-state index contributed by atoms with van der Waals surface area (Å²) >= 11 is 0. The lowest BCUT2D eigenvalue weighted by atomic mass is 10.2. The molecule has 0 heterocycles. The van der Waals surface area contributed by atoms with Gasteiger partial charge in [0, 0.05) is 5.56 Å². The zero-order valence-electron chi connectivity index (χ0n) is 16.1. The summed E-state index contributed by atoms with van der Waals surface area (Å²) in [5, 5.41) is 32.1. The maximum absolute atomic E-state index is 12.1. The number of phenols is 3. The molecule has 0 aliphatic heterocycles. The van der Waals surface area contributed by atoms with Crippen molar-refractivity contribution in [3.8, 4) is 28.7 Å². The first-order valence-corrected chi connectivity index (χ1v) is 8.91. The lowest BCUT2D eigenvalue weighted by Crippen LogP contribution is -2.17. The molecular weight excluding hydrogens is 388 g/mol. The Bertz CT molecular complexity index is 1040. The molecule has 154 valence electrons. The summed E-state index contributed by atoms with van der Waals surface area (Å²) in [4.78, 5) is 12.1. The van der Waals surface area contributed by atoms with E-state index >= 15 is 0 Å². The maximum atomic E-state index is 12.1. The predicted molar refractivity (Wildman–Crippen MR) is 110 cm³/mol. The first kappa shape index (κ1) is 20.5. The number of benzene rings is 3. The van der Waals surface area contributed by atoms with Crippen LogP contribution in [0, 0.1) is 0 Å². The van der Waals surface area contributed by atoms with Gasteiger partial charge in [0.2, 0.25) is 0 Å². The molecule has 0 saturated carbocycles. The molecule has 0 unspecified atom stereocenters. The van der Waals surface area contributed by atoms with Crippen molar-refractivity contribution in [2.75, 3.05) is 7.11 Å². The molecular formula is C22H20N2O6. The number of hydrogen-bond acceptors (Lipinski definition) is 7. The molecule has 4 N–H and O–H groups in total. The van der Waals surface area contributed by atoms with Gasteiger partial charge in [-0.05, 0) is 41.5 Å². The van der Waals surface area contributed by atoms with Gasteiger partial charge in [-0.15, -0.1) is 0 Å². The number of ether oxygens (including phenoxy) is 2. The highest BCUT2D eigenvalue weighted by atomic mass is 16.5. The summed E-state index contributed by atoms with van der Waals surface area (Å²) in [5.74, 6) is -1.52. The van der Waals surface area contributed by atoms with Crippen molar-refractivity contribution in [3.63, 3.8) is 0 Å². The highest BCUT2D eigenvalue weighted by Crippen LogP contribution is 2.35. The fraction of sp³-hybridized carbons (Fsp3) is 0.0909. The van der Waals surface area contributed by atoms with Crippen LogP contribution >= 0.6 is 0 Å². The molecule has 0 spiro atoms. The van der Waals surface area contributed by atoms with Crippen LogP contribution in [0.5, 0.6) is 28.7 Å². The molecule has 0 bridgehead atoms. The Morgan fingerprint density at radius 1 is 1.00 bits per heavy atom. The molecule has 3 rings (SSSR count). The number of rotatable bonds is 7. The van der Waals surface area contributed by atoms with Crippen LogP contribution in [-0.2, 0) is 6.61 Å². The van der Waals surface area contributed by atoms with Gasteiger partial charge >= 0.3 is 0 Å². The summed E-state index contributed by atoms with van der Waals surface area (Å²) < 4.78 is 11.2. The van der Waals surface area contributed by atoms with E-state index in [0.29, 0.717) is 23.7 Å². The summed E-state index contributed by atoms with van der Waals surface area (Å²) in [5.41, 5.74) is 3.88. The molecule has 3 aromatic carbocycles. The van der Waals surface area contributed by atoms with Gasteiger partial charge in [0.05, 0.1) is 13.3 Å². The van der Waals surface area contributed by atoms with Crippen molar-refractivity contribution in [3.05, 3.63) is 77.4 Å². The van der Waals surface area contributed by atoms with Gasteiger partial charge < -0.3 is 24.8 Å². The van der Waals surface area contributed by atoms with Crippen LogP contribution in [0.4, 0.5) is 0 Å². The molecule has 0 radical (unpaired) electrons. The number of carbonyl (C=O) groups is 1. The number of hydrogen-bond donors (Lipinski definition) is 4. The summed E-state index contributed by atoms with van der Waals surface area (Å²) in [6.45, 7) is 0.396. The van der Waals surface area contributed by atoms with Gasteiger partial charge in [-0.2, -0.15) is 5.10 Å². The average molecular weight is 408 g/mol. The summed E-state index contributed by atoms with van der Waals surface area (Å²) in [6, 6.07) is 16.9. The molecule has 30 heavy (non-hydrogen) atoms. The molecule has 1 amide bonds. The van der Waals surface area contributed by atoms with Crippen LogP contribution in [0.3, 0.4) is 0 Å². The molecule has 0 atom stereocenters. The van der Waals surface area contributed by atoms with Crippen molar-refractivity contribution in [1.82, 2.24) is 5.43 Å².